The maximum Gasteiger partial charge on any atom is 0.129 e. The molecule has 0 aromatic heterocycles. The van der Waals surface area contributed by atoms with E-state index in [-0.39, 0.29) is 24.3 Å². The lowest BCUT2D eigenvalue weighted by Crippen LogP contribution is -2.24. The van der Waals surface area contributed by atoms with Gasteiger partial charge in [0, 0.05) is 11.6 Å². The normalized spacial score (nSPS) is 25.2. The highest BCUT2D eigenvalue weighted by atomic mass is 35.5. The molecule has 1 aliphatic rings. The van der Waals surface area contributed by atoms with Gasteiger partial charge in [-0.25, -0.2) is 4.39 Å². The summed E-state index contributed by atoms with van der Waals surface area (Å²) in [4.78, 5) is 0. The number of rotatable bonds is 0. The summed E-state index contributed by atoms with van der Waals surface area (Å²) in [7, 11) is 0. The van der Waals surface area contributed by atoms with Crippen molar-refractivity contribution in [2.24, 2.45) is 5.73 Å². The van der Waals surface area contributed by atoms with Crippen molar-refractivity contribution in [3.8, 4) is 0 Å². The minimum absolute atomic E-state index is 0. The zero-order valence-electron chi connectivity index (χ0n) is 6.90. The molecule has 4 heteroatoms. The van der Waals surface area contributed by atoms with Gasteiger partial charge in [0.05, 0.1) is 6.10 Å². The van der Waals surface area contributed by atoms with E-state index in [1.807, 2.05) is 0 Å². The van der Waals surface area contributed by atoms with E-state index >= 15 is 0 Å². The number of hydrogen-bond donors (Lipinski definition) is 2. The molecule has 72 valence electrons. The number of aliphatic hydroxyl groups is 1. The lowest BCUT2D eigenvalue weighted by Gasteiger charge is -2.08. The Balaban J connectivity index is 0.000000845. The van der Waals surface area contributed by atoms with Crippen LogP contribution in [0.2, 0.25) is 0 Å². The van der Waals surface area contributed by atoms with Crippen LogP contribution >= 0.6 is 12.4 Å². The van der Waals surface area contributed by atoms with Gasteiger partial charge in [-0.2, -0.15) is 0 Å². The molecule has 0 fully saturated rings. The zero-order valence-corrected chi connectivity index (χ0v) is 7.72. The molecule has 0 heterocycles. The van der Waals surface area contributed by atoms with E-state index in [0.29, 0.717) is 12.0 Å². The Morgan fingerprint density at radius 1 is 1.46 bits per heavy atom. The van der Waals surface area contributed by atoms with Gasteiger partial charge < -0.3 is 10.8 Å². The third kappa shape index (κ3) is 1.55. The summed E-state index contributed by atoms with van der Waals surface area (Å²) in [5.74, 6) is -0.354. The average molecular weight is 204 g/mol. The van der Waals surface area contributed by atoms with Crippen molar-refractivity contribution in [3.05, 3.63) is 35.1 Å². The fourth-order valence-corrected chi connectivity index (χ4v) is 1.67. The van der Waals surface area contributed by atoms with Gasteiger partial charge in [-0.05, 0) is 18.1 Å². The first-order valence-corrected chi connectivity index (χ1v) is 3.91. The van der Waals surface area contributed by atoms with E-state index in [1.54, 1.807) is 12.1 Å². The van der Waals surface area contributed by atoms with Gasteiger partial charge >= 0.3 is 0 Å². The number of benzene rings is 1. The SMILES string of the molecule is Cl.NC1Cc2cccc(F)c2C1O. The number of halogens is 2. The molecular formula is C9H11ClFNO. The van der Waals surface area contributed by atoms with Crippen LogP contribution in [0.5, 0.6) is 0 Å². The van der Waals surface area contributed by atoms with Gasteiger partial charge in [0.25, 0.3) is 0 Å². The lowest BCUT2D eigenvalue weighted by atomic mass is 10.1. The van der Waals surface area contributed by atoms with Crippen LogP contribution in [-0.4, -0.2) is 11.1 Å². The van der Waals surface area contributed by atoms with Crippen LogP contribution in [0.3, 0.4) is 0 Å². The van der Waals surface area contributed by atoms with Crippen molar-refractivity contribution in [2.75, 3.05) is 0 Å². The first-order chi connectivity index (χ1) is 5.70. The molecule has 3 N–H and O–H groups in total. The fraction of sp³-hybridized carbons (Fsp3) is 0.333. The van der Waals surface area contributed by atoms with E-state index < -0.39 is 6.10 Å². The zero-order chi connectivity index (χ0) is 8.72. The number of aliphatic hydroxyl groups excluding tert-OH is 1. The Morgan fingerprint density at radius 3 is 2.77 bits per heavy atom. The molecule has 2 nitrogen and oxygen atoms in total. The molecule has 0 amide bonds. The summed E-state index contributed by atoms with van der Waals surface area (Å²) in [6.07, 6.45) is -0.268. The fourth-order valence-electron chi connectivity index (χ4n) is 1.67. The van der Waals surface area contributed by atoms with Crippen LogP contribution in [0.15, 0.2) is 18.2 Å². The van der Waals surface area contributed by atoms with Crippen LogP contribution in [-0.2, 0) is 6.42 Å². The predicted octanol–water partition coefficient (Wildman–Crippen LogP) is 1.16. The lowest BCUT2D eigenvalue weighted by molar-refractivity contribution is 0.155. The Labute approximate surface area is 82.0 Å². The third-order valence-electron chi connectivity index (χ3n) is 2.30. The summed E-state index contributed by atoms with van der Waals surface area (Å²) in [5.41, 5.74) is 6.79. The summed E-state index contributed by atoms with van der Waals surface area (Å²) < 4.78 is 13.1. The van der Waals surface area contributed by atoms with E-state index in [4.69, 9.17) is 5.73 Å². The Morgan fingerprint density at radius 2 is 2.15 bits per heavy atom. The standard InChI is InChI=1S/C9H10FNO.ClH/c10-6-3-1-2-5-4-7(11)9(12)8(5)6;/h1-3,7,9,12H,4,11H2;1H. The average Bonchev–Trinajstić information content (AvgIpc) is 2.29. The van der Waals surface area contributed by atoms with E-state index in [0.717, 1.165) is 5.56 Å². The molecule has 0 spiro atoms. The highest BCUT2D eigenvalue weighted by molar-refractivity contribution is 5.85. The minimum atomic E-state index is -0.832. The highest BCUT2D eigenvalue weighted by Crippen LogP contribution is 2.31. The minimum Gasteiger partial charge on any atom is -0.387 e. The first-order valence-electron chi connectivity index (χ1n) is 3.91. The molecule has 2 unspecified atom stereocenters. The van der Waals surface area contributed by atoms with E-state index in [9.17, 15) is 9.50 Å². The summed E-state index contributed by atoms with van der Waals surface area (Å²) in [6.45, 7) is 0. The van der Waals surface area contributed by atoms with Crippen molar-refractivity contribution >= 4 is 12.4 Å². The molecular weight excluding hydrogens is 193 g/mol. The van der Waals surface area contributed by atoms with Gasteiger partial charge in [0.15, 0.2) is 0 Å². The predicted molar refractivity (Wildman–Crippen MR) is 50.3 cm³/mol. The molecule has 1 aromatic carbocycles. The van der Waals surface area contributed by atoms with Crippen LogP contribution in [0.1, 0.15) is 17.2 Å². The summed E-state index contributed by atoms with van der Waals surface area (Å²) >= 11 is 0. The van der Waals surface area contributed by atoms with Crippen LogP contribution in [0.25, 0.3) is 0 Å². The van der Waals surface area contributed by atoms with Crippen LogP contribution in [0, 0.1) is 5.82 Å². The van der Waals surface area contributed by atoms with E-state index in [2.05, 4.69) is 0 Å². The summed E-state index contributed by atoms with van der Waals surface area (Å²) in [5, 5.41) is 9.47. The molecule has 13 heavy (non-hydrogen) atoms. The molecule has 1 aromatic rings. The molecule has 0 radical (unpaired) electrons. The number of fused-ring (bicyclic) bond motifs is 1. The smallest absolute Gasteiger partial charge is 0.129 e. The van der Waals surface area contributed by atoms with Crippen LogP contribution < -0.4 is 5.73 Å². The Kier molecular flexibility index (Phi) is 2.91. The van der Waals surface area contributed by atoms with Crippen molar-refractivity contribution in [1.29, 1.82) is 0 Å². The van der Waals surface area contributed by atoms with Crippen molar-refractivity contribution in [2.45, 2.75) is 18.6 Å². The summed E-state index contributed by atoms with van der Waals surface area (Å²) in [6, 6.07) is 4.44. The molecule has 0 bridgehead atoms. The second-order valence-electron chi connectivity index (χ2n) is 3.13. The van der Waals surface area contributed by atoms with Gasteiger partial charge in [0.1, 0.15) is 5.82 Å². The second-order valence-corrected chi connectivity index (χ2v) is 3.13. The topological polar surface area (TPSA) is 46.2 Å². The maximum atomic E-state index is 13.1. The van der Waals surface area contributed by atoms with Crippen LogP contribution in [0.4, 0.5) is 4.39 Å². The number of hydrogen-bond acceptors (Lipinski definition) is 2. The van der Waals surface area contributed by atoms with Crippen molar-refractivity contribution < 1.29 is 9.50 Å². The Bertz CT molecular complexity index is 318. The largest absolute Gasteiger partial charge is 0.387 e. The molecule has 1 aliphatic carbocycles. The molecule has 2 rings (SSSR count). The van der Waals surface area contributed by atoms with Crippen molar-refractivity contribution in [1.82, 2.24) is 0 Å². The maximum absolute atomic E-state index is 13.1. The van der Waals surface area contributed by atoms with Gasteiger partial charge in [0.2, 0.25) is 0 Å². The van der Waals surface area contributed by atoms with E-state index in [1.165, 1.54) is 6.07 Å². The molecule has 0 aliphatic heterocycles. The second kappa shape index (κ2) is 3.62. The van der Waals surface area contributed by atoms with Crippen molar-refractivity contribution in [3.63, 3.8) is 0 Å². The van der Waals surface area contributed by atoms with Gasteiger partial charge in [-0.15, -0.1) is 12.4 Å². The number of nitrogens with two attached hydrogens (primary N) is 1. The molecule has 0 saturated heterocycles. The molecule has 2 atom stereocenters. The van der Waals surface area contributed by atoms with Gasteiger partial charge in [-0.1, -0.05) is 12.1 Å². The monoisotopic (exact) mass is 203 g/mol. The Hall–Kier alpha value is -0.640. The highest BCUT2D eigenvalue weighted by Gasteiger charge is 2.30. The van der Waals surface area contributed by atoms with Gasteiger partial charge in [-0.3, -0.25) is 0 Å². The third-order valence-corrected chi connectivity index (χ3v) is 2.30. The quantitative estimate of drug-likeness (QED) is 0.665. The first kappa shape index (κ1) is 10.4. The molecule has 0 saturated carbocycles.